The summed E-state index contributed by atoms with van der Waals surface area (Å²) in [7, 11) is 1.94. The van der Waals surface area contributed by atoms with Crippen molar-refractivity contribution in [3.05, 3.63) is 36.3 Å². The lowest BCUT2D eigenvalue weighted by Crippen LogP contribution is -2.42. The Kier molecular flexibility index (Phi) is 5.50. The van der Waals surface area contributed by atoms with Crippen LogP contribution in [0.4, 0.5) is 11.5 Å². The van der Waals surface area contributed by atoms with E-state index in [0.29, 0.717) is 11.6 Å². The van der Waals surface area contributed by atoms with E-state index in [9.17, 15) is 4.79 Å². The van der Waals surface area contributed by atoms with Crippen LogP contribution in [0.1, 0.15) is 43.0 Å². The average Bonchev–Trinajstić information content (AvgIpc) is 3.15. The number of piperidine rings is 2. The summed E-state index contributed by atoms with van der Waals surface area (Å²) < 4.78 is 1.84. The first-order chi connectivity index (χ1) is 13.6. The molecule has 7 heteroatoms. The first-order valence-electron chi connectivity index (χ1n) is 10.3. The van der Waals surface area contributed by atoms with Gasteiger partial charge < -0.3 is 15.1 Å². The Labute approximate surface area is 166 Å². The minimum absolute atomic E-state index is 0.103. The normalized spacial score (nSPS) is 21.0. The standard InChI is InChI=1S/C21H30N6O/c1-16-7-10-26(11-8-16)21(28)17-5-6-20(22-12-17)24-18-4-3-9-27(14-18)19-13-23-25(2)15-19/h5-6,12-13,15-16,18H,3-4,7-11,14H2,1-2H3,(H,22,24). The van der Waals surface area contributed by atoms with Crippen molar-refractivity contribution in [2.45, 2.75) is 38.6 Å². The Balaban J connectivity index is 1.34. The molecule has 1 amide bonds. The van der Waals surface area contributed by atoms with Crippen molar-refractivity contribution in [3.63, 3.8) is 0 Å². The van der Waals surface area contributed by atoms with Gasteiger partial charge in [0.2, 0.25) is 0 Å². The largest absolute Gasteiger partial charge is 0.367 e. The second kappa shape index (κ2) is 8.20. The number of hydrogen-bond acceptors (Lipinski definition) is 5. The SMILES string of the molecule is CC1CCN(C(=O)c2ccc(NC3CCCN(c4cnn(C)c4)C3)nc2)CC1. The molecule has 0 bridgehead atoms. The van der Waals surface area contributed by atoms with Crippen LogP contribution >= 0.6 is 0 Å². The summed E-state index contributed by atoms with van der Waals surface area (Å²) in [5.74, 6) is 1.66. The van der Waals surface area contributed by atoms with Crippen molar-refractivity contribution in [3.8, 4) is 0 Å². The molecule has 2 fully saturated rings. The van der Waals surface area contributed by atoms with E-state index in [1.54, 1.807) is 6.20 Å². The fourth-order valence-corrected chi connectivity index (χ4v) is 4.11. The molecule has 2 aromatic heterocycles. The van der Waals surface area contributed by atoms with Gasteiger partial charge in [-0.25, -0.2) is 4.98 Å². The number of nitrogens with zero attached hydrogens (tertiary/aromatic N) is 5. The number of pyridine rings is 1. The average molecular weight is 383 g/mol. The van der Waals surface area contributed by atoms with Gasteiger partial charge in [0.05, 0.1) is 17.4 Å². The lowest BCUT2D eigenvalue weighted by atomic mass is 9.99. The van der Waals surface area contributed by atoms with Crippen molar-refractivity contribution in [2.75, 3.05) is 36.4 Å². The summed E-state index contributed by atoms with van der Waals surface area (Å²) >= 11 is 0. The molecule has 0 aliphatic carbocycles. The number of hydrogen-bond donors (Lipinski definition) is 1. The Morgan fingerprint density at radius 1 is 1.14 bits per heavy atom. The van der Waals surface area contributed by atoms with Crippen LogP contribution in [-0.4, -0.2) is 57.8 Å². The quantitative estimate of drug-likeness (QED) is 0.881. The van der Waals surface area contributed by atoms with Crippen LogP contribution in [0.25, 0.3) is 0 Å². The van der Waals surface area contributed by atoms with Crippen molar-refractivity contribution < 1.29 is 4.79 Å². The maximum Gasteiger partial charge on any atom is 0.255 e. The maximum absolute atomic E-state index is 12.7. The number of anilines is 2. The molecule has 1 unspecified atom stereocenters. The van der Waals surface area contributed by atoms with Crippen LogP contribution in [0.3, 0.4) is 0 Å². The zero-order valence-electron chi connectivity index (χ0n) is 16.8. The van der Waals surface area contributed by atoms with E-state index in [2.05, 4.69) is 33.4 Å². The Morgan fingerprint density at radius 3 is 2.64 bits per heavy atom. The molecular formula is C21H30N6O. The number of aromatic nitrogens is 3. The Bertz CT molecular complexity index is 793. The molecule has 2 aromatic rings. The third-order valence-electron chi connectivity index (χ3n) is 5.91. The van der Waals surface area contributed by atoms with Gasteiger partial charge in [-0.3, -0.25) is 9.48 Å². The topological polar surface area (TPSA) is 66.3 Å². The highest BCUT2D eigenvalue weighted by Gasteiger charge is 2.23. The summed E-state index contributed by atoms with van der Waals surface area (Å²) in [6, 6.07) is 4.17. The van der Waals surface area contributed by atoms with Gasteiger partial charge in [-0.15, -0.1) is 0 Å². The van der Waals surface area contributed by atoms with Gasteiger partial charge in [-0.1, -0.05) is 6.92 Å². The molecular weight excluding hydrogens is 352 g/mol. The number of likely N-dealkylation sites (tertiary alicyclic amines) is 1. The highest BCUT2D eigenvalue weighted by molar-refractivity contribution is 5.94. The molecule has 2 saturated heterocycles. The summed E-state index contributed by atoms with van der Waals surface area (Å²) in [6.07, 6.45) is 10.1. The highest BCUT2D eigenvalue weighted by atomic mass is 16.2. The molecule has 4 heterocycles. The van der Waals surface area contributed by atoms with E-state index in [1.165, 1.54) is 5.69 Å². The summed E-state index contributed by atoms with van der Waals surface area (Å²) in [6.45, 7) is 5.95. The molecule has 1 N–H and O–H groups in total. The smallest absolute Gasteiger partial charge is 0.255 e. The van der Waals surface area contributed by atoms with Gasteiger partial charge in [-0.2, -0.15) is 5.10 Å². The second-order valence-corrected chi connectivity index (χ2v) is 8.21. The number of carbonyl (C=O) groups is 1. The van der Waals surface area contributed by atoms with E-state index < -0.39 is 0 Å². The monoisotopic (exact) mass is 382 g/mol. The van der Waals surface area contributed by atoms with Crippen molar-refractivity contribution in [2.24, 2.45) is 13.0 Å². The Hall–Kier alpha value is -2.57. The van der Waals surface area contributed by atoms with Crippen LogP contribution in [0.2, 0.25) is 0 Å². The predicted octanol–water partition coefficient (Wildman–Crippen LogP) is 2.77. The van der Waals surface area contributed by atoms with Crippen molar-refractivity contribution in [1.29, 1.82) is 0 Å². The van der Waals surface area contributed by atoms with Crippen molar-refractivity contribution >= 4 is 17.4 Å². The van der Waals surface area contributed by atoms with Crippen LogP contribution in [0.5, 0.6) is 0 Å². The molecule has 7 nitrogen and oxygen atoms in total. The zero-order chi connectivity index (χ0) is 19.5. The molecule has 0 aromatic carbocycles. The summed E-state index contributed by atoms with van der Waals surface area (Å²) in [4.78, 5) is 21.5. The summed E-state index contributed by atoms with van der Waals surface area (Å²) in [5, 5.41) is 7.81. The molecule has 1 atom stereocenters. The molecule has 150 valence electrons. The molecule has 0 radical (unpaired) electrons. The molecule has 28 heavy (non-hydrogen) atoms. The third-order valence-corrected chi connectivity index (χ3v) is 5.91. The first kappa shape index (κ1) is 18.8. The molecule has 0 spiro atoms. The highest BCUT2D eigenvalue weighted by Crippen LogP contribution is 2.22. The number of rotatable bonds is 4. The second-order valence-electron chi connectivity index (χ2n) is 8.21. The van der Waals surface area contributed by atoms with Crippen LogP contribution in [0.15, 0.2) is 30.7 Å². The lowest BCUT2D eigenvalue weighted by molar-refractivity contribution is 0.0697. The van der Waals surface area contributed by atoms with E-state index in [-0.39, 0.29) is 5.91 Å². The number of nitrogens with one attached hydrogen (secondary N) is 1. The third kappa shape index (κ3) is 4.29. The van der Waals surface area contributed by atoms with E-state index in [1.807, 2.05) is 35.0 Å². The first-order valence-corrected chi connectivity index (χ1v) is 10.3. The Morgan fingerprint density at radius 2 is 1.96 bits per heavy atom. The van der Waals surface area contributed by atoms with Gasteiger partial charge in [-0.05, 0) is 43.7 Å². The van der Waals surface area contributed by atoms with E-state index in [4.69, 9.17) is 0 Å². The zero-order valence-corrected chi connectivity index (χ0v) is 16.8. The minimum atomic E-state index is 0.103. The van der Waals surface area contributed by atoms with E-state index in [0.717, 1.165) is 63.6 Å². The van der Waals surface area contributed by atoms with Gasteiger partial charge >= 0.3 is 0 Å². The molecule has 2 aliphatic rings. The van der Waals surface area contributed by atoms with Gasteiger partial charge in [0, 0.05) is 51.7 Å². The molecule has 2 aliphatic heterocycles. The maximum atomic E-state index is 12.7. The predicted molar refractivity (Wildman–Crippen MR) is 111 cm³/mol. The number of amides is 1. The van der Waals surface area contributed by atoms with Crippen LogP contribution in [0, 0.1) is 5.92 Å². The van der Waals surface area contributed by atoms with Gasteiger partial charge in [0.1, 0.15) is 5.82 Å². The van der Waals surface area contributed by atoms with Crippen LogP contribution < -0.4 is 10.2 Å². The minimum Gasteiger partial charge on any atom is -0.367 e. The summed E-state index contributed by atoms with van der Waals surface area (Å²) in [5.41, 5.74) is 1.85. The number of carbonyl (C=O) groups excluding carboxylic acids is 1. The van der Waals surface area contributed by atoms with E-state index >= 15 is 0 Å². The van der Waals surface area contributed by atoms with Gasteiger partial charge in [0.25, 0.3) is 5.91 Å². The van der Waals surface area contributed by atoms with Crippen LogP contribution in [-0.2, 0) is 7.05 Å². The molecule has 0 saturated carbocycles. The lowest BCUT2D eigenvalue weighted by Gasteiger charge is -2.34. The van der Waals surface area contributed by atoms with Crippen molar-refractivity contribution in [1.82, 2.24) is 19.7 Å². The fraction of sp³-hybridized carbons (Fsp3) is 0.571. The molecule has 4 rings (SSSR count). The fourth-order valence-electron chi connectivity index (χ4n) is 4.11. The van der Waals surface area contributed by atoms with Gasteiger partial charge in [0.15, 0.2) is 0 Å². The number of aryl methyl sites for hydroxylation is 1.